The van der Waals surface area contributed by atoms with E-state index in [1.165, 1.54) is 22.3 Å². The van der Waals surface area contributed by atoms with Crippen molar-refractivity contribution >= 4 is 0 Å². The fourth-order valence-corrected chi connectivity index (χ4v) is 2.87. The van der Waals surface area contributed by atoms with Crippen LogP contribution in [0.5, 0.6) is 5.75 Å². The van der Waals surface area contributed by atoms with E-state index in [-0.39, 0.29) is 5.92 Å². The van der Waals surface area contributed by atoms with Crippen LogP contribution in [-0.2, 0) is 0 Å². The van der Waals surface area contributed by atoms with Gasteiger partial charge >= 0.3 is 0 Å². The monoisotopic (exact) mass is 287 g/mol. The van der Waals surface area contributed by atoms with Crippen LogP contribution in [0.15, 0.2) is 90.0 Å². The third-order valence-electron chi connectivity index (χ3n) is 4.02. The Labute approximate surface area is 131 Å². The predicted molar refractivity (Wildman–Crippen MR) is 91.7 cm³/mol. The lowest BCUT2D eigenvalue weighted by Gasteiger charge is -2.18. The zero-order chi connectivity index (χ0) is 15.4. The maximum atomic E-state index is 9.56. The number of rotatable bonds is 3. The van der Waals surface area contributed by atoms with Crippen molar-refractivity contribution in [2.75, 3.05) is 0 Å². The molecule has 2 aromatic rings. The lowest BCUT2D eigenvalue weighted by molar-refractivity contribution is 0.475. The third-order valence-corrected chi connectivity index (χ3v) is 4.02. The molecule has 1 nitrogen and oxygen atoms in total. The molecule has 1 aliphatic rings. The first-order valence-electron chi connectivity index (χ1n) is 7.48. The number of aromatic hydroxyl groups is 1. The van der Waals surface area contributed by atoms with Gasteiger partial charge in [-0.05, 0) is 30.2 Å². The van der Waals surface area contributed by atoms with Gasteiger partial charge in [0.15, 0.2) is 0 Å². The molecule has 1 heteroatoms. The van der Waals surface area contributed by atoms with Gasteiger partial charge in [-0.2, -0.15) is 0 Å². The fourth-order valence-electron chi connectivity index (χ4n) is 2.87. The van der Waals surface area contributed by atoms with Gasteiger partial charge in [0.25, 0.3) is 0 Å². The predicted octanol–water partition coefficient (Wildman–Crippen LogP) is 5.17. The lowest BCUT2D eigenvalue weighted by atomic mass is 9.82. The standard InChI is InChI=1S/C21H18O/c1-16(17-8-4-2-5-9-17)21(18-10-6-3-7-11-18)19-12-14-20(22)15-13-19/h2-15,21H,1H3/p+1. The summed E-state index contributed by atoms with van der Waals surface area (Å²) in [7, 11) is 0. The maximum absolute atomic E-state index is 9.56. The van der Waals surface area contributed by atoms with Gasteiger partial charge in [0, 0.05) is 36.3 Å². The van der Waals surface area contributed by atoms with E-state index in [4.69, 9.17) is 0 Å². The van der Waals surface area contributed by atoms with Crippen molar-refractivity contribution in [1.82, 2.24) is 0 Å². The average molecular weight is 287 g/mol. The van der Waals surface area contributed by atoms with Crippen LogP contribution in [0, 0.1) is 6.42 Å². The molecule has 0 bridgehead atoms. The average Bonchev–Trinajstić information content (AvgIpc) is 2.58. The highest BCUT2D eigenvalue weighted by atomic mass is 16.3. The number of hydrogen-bond donors (Lipinski definition) is 1. The van der Waals surface area contributed by atoms with Crippen LogP contribution in [0.4, 0.5) is 0 Å². The molecule has 1 aliphatic carbocycles. The highest BCUT2D eigenvalue weighted by molar-refractivity contribution is 5.50. The number of phenols is 1. The van der Waals surface area contributed by atoms with Crippen LogP contribution >= 0.6 is 0 Å². The Morgan fingerprint density at radius 1 is 0.909 bits per heavy atom. The molecule has 22 heavy (non-hydrogen) atoms. The molecule has 1 atom stereocenters. The molecular formula is C21H19O+. The van der Waals surface area contributed by atoms with E-state index in [1.807, 2.05) is 24.3 Å². The summed E-state index contributed by atoms with van der Waals surface area (Å²) >= 11 is 0. The summed E-state index contributed by atoms with van der Waals surface area (Å²) in [6, 6.07) is 18.0. The molecule has 0 amide bonds. The SMILES string of the molecule is CC(=C1C=CC=C[CH+]1)C(c1ccccc1)c1ccc(O)cc1. The fraction of sp³-hybridized carbons (Fsp3) is 0.0952. The van der Waals surface area contributed by atoms with Crippen molar-refractivity contribution < 1.29 is 5.11 Å². The number of hydrogen-bond acceptors (Lipinski definition) is 1. The third kappa shape index (κ3) is 2.99. The highest BCUT2D eigenvalue weighted by Gasteiger charge is 2.22. The molecule has 0 saturated carbocycles. The minimum Gasteiger partial charge on any atom is -0.508 e. The molecule has 0 fully saturated rings. The van der Waals surface area contributed by atoms with Crippen LogP contribution in [0.25, 0.3) is 0 Å². The summed E-state index contributed by atoms with van der Waals surface area (Å²) in [5.41, 5.74) is 4.99. The van der Waals surface area contributed by atoms with Gasteiger partial charge in [-0.1, -0.05) is 42.5 Å². The van der Waals surface area contributed by atoms with Crippen LogP contribution in [-0.4, -0.2) is 5.11 Å². The summed E-state index contributed by atoms with van der Waals surface area (Å²) in [6.45, 7) is 2.18. The van der Waals surface area contributed by atoms with E-state index in [0.717, 1.165) is 0 Å². The second kappa shape index (κ2) is 6.40. The first kappa shape index (κ1) is 14.3. The van der Waals surface area contributed by atoms with Crippen LogP contribution < -0.4 is 0 Å². The quantitative estimate of drug-likeness (QED) is 0.772. The van der Waals surface area contributed by atoms with Crippen LogP contribution in [0.2, 0.25) is 0 Å². The van der Waals surface area contributed by atoms with Crippen molar-refractivity contribution in [3.8, 4) is 5.75 Å². The van der Waals surface area contributed by atoms with E-state index in [0.29, 0.717) is 5.75 Å². The van der Waals surface area contributed by atoms with Gasteiger partial charge < -0.3 is 5.11 Å². The second-order valence-electron chi connectivity index (χ2n) is 5.48. The van der Waals surface area contributed by atoms with E-state index in [2.05, 4.69) is 55.8 Å². The molecule has 2 aromatic carbocycles. The van der Waals surface area contributed by atoms with Gasteiger partial charge in [-0.3, -0.25) is 0 Å². The van der Waals surface area contributed by atoms with Crippen LogP contribution in [0.1, 0.15) is 24.0 Å². The first-order valence-corrected chi connectivity index (χ1v) is 7.48. The van der Waals surface area contributed by atoms with Crippen LogP contribution in [0.3, 0.4) is 0 Å². The van der Waals surface area contributed by atoms with Gasteiger partial charge in [0.1, 0.15) is 5.75 Å². The molecular weight excluding hydrogens is 268 g/mol. The smallest absolute Gasteiger partial charge is 0.115 e. The lowest BCUT2D eigenvalue weighted by Crippen LogP contribution is -2.05. The Balaban J connectivity index is 2.09. The van der Waals surface area contributed by atoms with E-state index in [1.54, 1.807) is 12.1 Å². The Kier molecular flexibility index (Phi) is 4.15. The summed E-state index contributed by atoms with van der Waals surface area (Å²) in [4.78, 5) is 0. The van der Waals surface area contributed by atoms with Crippen molar-refractivity contribution in [2.24, 2.45) is 0 Å². The molecule has 0 spiro atoms. The van der Waals surface area contributed by atoms with E-state index in [9.17, 15) is 5.11 Å². The van der Waals surface area contributed by atoms with E-state index >= 15 is 0 Å². The minimum atomic E-state index is 0.184. The Hall–Kier alpha value is -2.67. The Morgan fingerprint density at radius 3 is 2.23 bits per heavy atom. The van der Waals surface area contributed by atoms with Crippen molar-refractivity contribution in [3.05, 3.63) is 108 Å². The van der Waals surface area contributed by atoms with Gasteiger partial charge in [0.2, 0.25) is 0 Å². The van der Waals surface area contributed by atoms with E-state index < -0.39 is 0 Å². The number of benzene rings is 2. The largest absolute Gasteiger partial charge is 0.508 e. The molecule has 108 valence electrons. The summed E-state index contributed by atoms with van der Waals surface area (Å²) in [5.74, 6) is 0.483. The zero-order valence-corrected chi connectivity index (χ0v) is 12.6. The van der Waals surface area contributed by atoms with Gasteiger partial charge in [-0.25, -0.2) is 0 Å². The van der Waals surface area contributed by atoms with Gasteiger partial charge in [-0.15, -0.1) is 0 Å². The normalized spacial score (nSPS) is 17.0. The molecule has 1 N–H and O–H groups in total. The molecule has 3 rings (SSSR count). The van der Waals surface area contributed by atoms with Crippen molar-refractivity contribution in [3.63, 3.8) is 0 Å². The molecule has 0 radical (unpaired) electrons. The number of allylic oxidation sites excluding steroid dienone is 6. The summed E-state index contributed by atoms with van der Waals surface area (Å²) < 4.78 is 0. The topological polar surface area (TPSA) is 20.2 Å². The first-order chi connectivity index (χ1) is 10.8. The highest BCUT2D eigenvalue weighted by Crippen LogP contribution is 2.35. The summed E-state index contributed by atoms with van der Waals surface area (Å²) in [5, 5.41) is 9.56. The molecule has 0 aromatic heterocycles. The van der Waals surface area contributed by atoms with Crippen molar-refractivity contribution in [2.45, 2.75) is 12.8 Å². The molecule has 1 unspecified atom stereocenters. The maximum Gasteiger partial charge on any atom is 0.115 e. The molecule has 0 aliphatic heterocycles. The number of phenolic OH excluding ortho intramolecular Hbond substituents is 1. The molecule has 0 saturated heterocycles. The minimum absolute atomic E-state index is 0.184. The summed E-state index contributed by atoms with van der Waals surface area (Å²) in [6.07, 6.45) is 10.5. The van der Waals surface area contributed by atoms with Crippen molar-refractivity contribution in [1.29, 1.82) is 0 Å². The Bertz CT molecular complexity index is 718. The Morgan fingerprint density at radius 2 is 1.59 bits per heavy atom. The van der Waals surface area contributed by atoms with Gasteiger partial charge in [0.05, 0.1) is 11.5 Å². The second-order valence-corrected chi connectivity index (χ2v) is 5.48. The molecule has 0 heterocycles. The zero-order valence-electron chi connectivity index (χ0n) is 12.6.